The van der Waals surface area contributed by atoms with E-state index in [9.17, 15) is 4.79 Å². The molecule has 1 aromatic heterocycles. The van der Waals surface area contributed by atoms with Gasteiger partial charge in [-0.15, -0.1) is 0 Å². The van der Waals surface area contributed by atoms with E-state index in [0.29, 0.717) is 12.1 Å². The van der Waals surface area contributed by atoms with Gasteiger partial charge in [-0.1, -0.05) is 31.9 Å². The standard InChI is InChI=1S/C15H18BrN3O/c1-2-3-6-12(17)15(20)19-13-7-4-5-10-8-11(16)9-18-14(10)13/h4-5,7-9,12H,2-3,6,17H2,1H3,(H,19,20). The first-order valence-electron chi connectivity index (χ1n) is 6.72. The predicted molar refractivity (Wildman–Crippen MR) is 85.6 cm³/mol. The Balaban J connectivity index is 2.19. The van der Waals surface area contributed by atoms with Gasteiger partial charge in [0.05, 0.1) is 17.2 Å². The maximum absolute atomic E-state index is 12.1. The van der Waals surface area contributed by atoms with Crippen LogP contribution in [0.1, 0.15) is 26.2 Å². The van der Waals surface area contributed by atoms with Gasteiger partial charge in [0.25, 0.3) is 0 Å². The first-order valence-corrected chi connectivity index (χ1v) is 7.52. The average molecular weight is 336 g/mol. The summed E-state index contributed by atoms with van der Waals surface area (Å²) < 4.78 is 0.910. The minimum atomic E-state index is -0.472. The highest BCUT2D eigenvalue weighted by Gasteiger charge is 2.14. The Morgan fingerprint density at radius 2 is 2.30 bits per heavy atom. The third-order valence-corrected chi connectivity index (χ3v) is 3.57. The predicted octanol–water partition coefficient (Wildman–Crippen LogP) is 3.45. The molecule has 20 heavy (non-hydrogen) atoms. The number of rotatable bonds is 5. The van der Waals surface area contributed by atoms with Crippen molar-refractivity contribution in [3.63, 3.8) is 0 Å². The number of aromatic nitrogens is 1. The molecule has 1 aromatic carbocycles. The van der Waals surface area contributed by atoms with E-state index in [4.69, 9.17) is 5.73 Å². The highest BCUT2D eigenvalue weighted by Crippen LogP contribution is 2.24. The Labute approximate surface area is 126 Å². The van der Waals surface area contributed by atoms with Crippen molar-refractivity contribution in [1.82, 2.24) is 4.98 Å². The second-order valence-corrected chi connectivity index (χ2v) is 5.68. The van der Waals surface area contributed by atoms with Crippen molar-refractivity contribution in [2.24, 2.45) is 5.73 Å². The van der Waals surface area contributed by atoms with Gasteiger partial charge < -0.3 is 11.1 Å². The number of anilines is 1. The summed E-state index contributed by atoms with van der Waals surface area (Å²) in [6.45, 7) is 2.08. The van der Waals surface area contributed by atoms with Crippen LogP contribution in [0, 0.1) is 0 Å². The Bertz CT molecular complexity index is 615. The molecule has 0 aliphatic carbocycles. The molecule has 1 atom stereocenters. The van der Waals surface area contributed by atoms with E-state index in [-0.39, 0.29) is 5.91 Å². The van der Waals surface area contributed by atoms with Crippen LogP contribution in [0.5, 0.6) is 0 Å². The number of fused-ring (bicyclic) bond motifs is 1. The molecule has 0 aliphatic heterocycles. The van der Waals surface area contributed by atoms with Gasteiger partial charge in [-0.3, -0.25) is 9.78 Å². The van der Waals surface area contributed by atoms with Crippen molar-refractivity contribution in [2.45, 2.75) is 32.2 Å². The van der Waals surface area contributed by atoms with Gasteiger partial charge in [0.2, 0.25) is 5.91 Å². The van der Waals surface area contributed by atoms with Gasteiger partial charge >= 0.3 is 0 Å². The monoisotopic (exact) mass is 335 g/mol. The molecule has 1 amide bonds. The van der Waals surface area contributed by atoms with Gasteiger partial charge in [-0.2, -0.15) is 0 Å². The number of carbonyl (C=O) groups excluding carboxylic acids is 1. The quantitative estimate of drug-likeness (QED) is 0.879. The topological polar surface area (TPSA) is 68.0 Å². The van der Waals surface area contributed by atoms with Crippen LogP contribution < -0.4 is 11.1 Å². The van der Waals surface area contributed by atoms with Crippen LogP contribution in [0.3, 0.4) is 0 Å². The lowest BCUT2D eigenvalue weighted by Gasteiger charge is -2.13. The fourth-order valence-corrected chi connectivity index (χ4v) is 2.36. The number of amides is 1. The van der Waals surface area contributed by atoms with E-state index >= 15 is 0 Å². The van der Waals surface area contributed by atoms with Crippen molar-refractivity contribution in [2.75, 3.05) is 5.32 Å². The number of unbranched alkanes of at least 4 members (excludes halogenated alkanes) is 1. The Morgan fingerprint density at radius 1 is 1.50 bits per heavy atom. The molecule has 2 aromatic rings. The highest BCUT2D eigenvalue weighted by molar-refractivity contribution is 9.10. The molecule has 2 rings (SSSR count). The van der Waals surface area contributed by atoms with E-state index in [1.54, 1.807) is 6.20 Å². The lowest BCUT2D eigenvalue weighted by atomic mass is 10.1. The van der Waals surface area contributed by atoms with E-state index in [0.717, 1.165) is 28.2 Å². The molecule has 1 heterocycles. The van der Waals surface area contributed by atoms with Crippen LogP contribution in [0.15, 0.2) is 34.9 Å². The van der Waals surface area contributed by atoms with E-state index in [1.165, 1.54) is 0 Å². The molecule has 0 saturated carbocycles. The average Bonchev–Trinajstić information content (AvgIpc) is 2.44. The van der Waals surface area contributed by atoms with Crippen LogP contribution in [-0.2, 0) is 4.79 Å². The van der Waals surface area contributed by atoms with Crippen LogP contribution in [0.2, 0.25) is 0 Å². The van der Waals surface area contributed by atoms with Gasteiger partial charge in [-0.05, 0) is 34.5 Å². The fraction of sp³-hybridized carbons (Fsp3) is 0.333. The largest absolute Gasteiger partial charge is 0.323 e. The van der Waals surface area contributed by atoms with Crippen LogP contribution in [-0.4, -0.2) is 16.9 Å². The zero-order valence-corrected chi connectivity index (χ0v) is 13.0. The number of halogens is 1. The second-order valence-electron chi connectivity index (χ2n) is 4.77. The summed E-state index contributed by atoms with van der Waals surface area (Å²) in [6, 6.07) is 7.19. The number of pyridine rings is 1. The summed E-state index contributed by atoms with van der Waals surface area (Å²) in [5, 5.41) is 3.84. The van der Waals surface area contributed by atoms with E-state index in [2.05, 4.69) is 33.2 Å². The molecule has 0 radical (unpaired) electrons. The summed E-state index contributed by atoms with van der Waals surface area (Å²) >= 11 is 3.39. The van der Waals surface area contributed by atoms with Crippen molar-refractivity contribution in [3.8, 4) is 0 Å². The molecule has 4 nitrogen and oxygen atoms in total. The summed E-state index contributed by atoms with van der Waals surface area (Å²) in [5.41, 5.74) is 7.35. The van der Waals surface area contributed by atoms with Crippen molar-refractivity contribution in [1.29, 1.82) is 0 Å². The normalized spacial score (nSPS) is 12.3. The molecule has 0 saturated heterocycles. The minimum Gasteiger partial charge on any atom is -0.323 e. The molecule has 3 N–H and O–H groups in total. The molecular formula is C15H18BrN3O. The minimum absolute atomic E-state index is 0.157. The van der Waals surface area contributed by atoms with Gasteiger partial charge in [0.1, 0.15) is 0 Å². The Morgan fingerprint density at radius 3 is 3.05 bits per heavy atom. The number of nitrogens with one attached hydrogen (secondary N) is 1. The maximum Gasteiger partial charge on any atom is 0.241 e. The van der Waals surface area contributed by atoms with Gasteiger partial charge in [0, 0.05) is 16.1 Å². The summed E-state index contributed by atoms with van der Waals surface area (Å²) in [6.07, 6.45) is 4.40. The summed E-state index contributed by atoms with van der Waals surface area (Å²) in [5.74, 6) is -0.157. The zero-order chi connectivity index (χ0) is 14.5. The lowest BCUT2D eigenvalue weighted by molar-refractivity contribution is -0.117. The van der Waals surface area contributed by atoms with Gasteiger partial charge in [-0.25, -0.2) is 0 Å². The molecule has 106 valence electrons. The number of hydrogen-bond acceptors (Lipinski definition) is 3. The third-order valence-electron chi connectivity index (χ3n) is 3.14. The molecule has 0 bridgehead atoms. The van der Waals surface area contributed by atoms with Crippen LogP contribution >= 0.6 is 15.9 Å². The Hall–Kier alpha value is -1.46. The SMILES string of the molecule is CCCCC(N)C(=O)Nc1cccc2cc(Br)cnc12. The maximum atomic E-state index is 12.1. The molecule has 0 spiro atoms. The highest BCUT2D eigenvalue weighted by atomic mass is 79.9. The summed E-state index contributed by atoms with van der Waals surface area (Å²) in [4.78, 5) is 16.4. The Kier molecular flexibility index (Phi) is 5.09. The zero-order valence-electron chi connectivity index (χ0n) is 11.4. The first-order chi connectivity index (χ1) is 9.61. The van der Waals surface area contributed by atoms with Crippen molar-refractivity contribution < 1.29 is 4.79 Å². The van der Waals surface area contributed by atoms with Crippen LogP contribution in [0.25, 0.3) is 10.9 Å². The number of nitrogens with two attached hydrogens (primary N) is 1. The molecule has 1 unspecified atom stereocenters. The van der Waals surface area contributed by atoms with E-state index < -0.39 is 6.04 Å². The number of para-hydroxylation sites is 1. The number of benzene rings is 1. The molecule has 5 heteroatoms. The van der Waals surface area contributed by atoms with Crippen LogP contribution in [0.4, 0.5) is 5.69 Å². The lowest BCUT2D eigenvalue weighted by Crippen LogP contribution is -2.35. The van der Waals surface area contributed by atoms with Crippen molar-refractivity contribution in [3.05, 3.63) is 34.9 Å². The molecule has 0 fully saturated rings. The first kappa shape index (κ1) is 14.9. The summed E-state index contributed by atoms with van der Waals surface area (Å²) in [7, 11) is 0. The van der Waals surface area contributed by atoms with Gasteiger partial charge in [0.15, 0.2) is 0 Å². The number of nitrogens with zero attached hydrogens (tertiary/aromatic N) is 1. The van der Waals surface area contributed by atoms with Crippen molar-refractivity contribution >= 4 is 38.4 Å². The fourth-order valence-electron chi connectivity index (χ4n) is 2.02. The smallest absolute Gasteiger partial charge is 0.241 e. The number of hydrogen-bond donors (Lipinski definition) is 2. The second kappa shape index (κ2) is 6.81. The third kappa shape index (κ3) is 3.55. The molecule has 0 aliphatic rings. The molecular weight excluding hydrogens is 318 g/mol. The number of carbonyl (C=O) groups is 1. The van der Waals surface area contributed by atoms with E-state index in [1.807, 2.05) is 24.3 Å².